The molecule has 3 heteroatoms. The monoisotopic (exact) mass is 239 g/mol. The summed E-state index contributed by atoms with van der Waals surface area (Å²) in [5, 5.41) is 3.76. The third-order valence-electron chi connectivity index (χ3n) is 4.63. The van der Waals surface area contributed by atoms with Gasteiger partial charge in [-0.1, -0.05) is 13.3 Å². The molecular formula is C14H29N3. The summed E-state index contributed by atoms with van der Waals surface area (Å²) < 4.78 is 0. The highest BCUT2D eigenvalue weighted by Gasteiger charge is 2.35. The van der Waals surface area contributed by atoms with Gasteiger partial charge in [0.1, 0.15) is 0 Å². The Balaban J connectivity index is 2.02. The predicted octanol–water partition coefficient (Wildman–Crippen LogP) is 1.40. The first-order chi connectivity index (χ1) is 8.22. The van der Waals surface area contributed by atoms with Crippen molar-refractivity contribution in [2.75, 3.05) is 40.3 Å². The zero-order valence-corrected chi connectivity index (χ0v) is 11.8. The molecule has 0 amide bonds. The van der Waals surface area contributed by atoms with Gasteiger partial charge in [-0.05, 0) is 58.9 Å². The van der Waals surface area contributed by atoms with Gasteiger partial charge in [0.05, 0.1) is 0 Å². The molecule has 0 radical (unpaired) electrons. The Hall–Kier alpha value is -0.120. The molecule has 17 heavy (non-hydrogen) atoms. The molecule has 2 aliphatic rings. The summed E-state index contributed by atoms with van der Waals surface area (Å²) in [5.74, 6) is 0.925. The molecule has 2 rings (SSSR count). The van der Waals surface area contributed by atoms with E-state index in [4.69, 9.17) is 0 Å². The zero-order valence-electron chi connectivity index (χ0n) is 11.8. The maximum atomic E-state index is 3.76. The Morgan fingerprint density at radius 2 is 1.94 bits per heavy atom. The predicted molar refractivity (Wildman–Crippen MR) is 73.3 cm³/mol. The van der Waals surface area contributed by atoms with Gasteiger partial charge in [0.15, 0.2) is 0 Å². The van der Waals surface area contributed by atoms with E-state index < -0.39 is 0 Å². The van der Waals surface area contributed by atoms with E-state index >= 15 is 0 Å². The minimum Gasteiger partial charge on any atom is -0.312 e. The van der Waals surface area contributed by atoms with Crippen LogP contribution in [0.2, 0.25) is 0 Å². The van der Waals surface area contributed by atoms with Crippen LogP contribution in [-0.4, -0.2) is 62.2 Å². The van der Waals surface area contributed by atoms with Gasteiger partial charge >= 0.3 is 0 Å². The molecule has 0 aromatic carbocycles. The largest absolute Gasteiger partial charge is 0.312 e. The lowest BCUT2D eigenvalue weighted by atomic mass is 9.76. The fourth-order valence-electron chi connectivity index (χ4n) is 3.35. The van der Waals surface area contributed by atoms with E-state index in [9.17, 15) is 0 Å². The average molecular weight is 239 g/mol. The molecule has 3 nitrogen and oxygen atoms in total. The molecule has 2 unspecified atom stereocenters. The van der Waals surface area contributed by atoms with Crippen LogP contribution < -0.4 is 5.32 Å². The molecule has 2 atom stereocenters. The fourth-order valence-corrected chi connectivity index (χ4v) is 3.35. The van der Waals surface area contributed by atoms with Crippen LogP contribution in [0, 0.1) is 5.92 Å². The zero-order chi connectivity index (χ0) is 12.3. The Morgan fingerprint density at radius 3 is 2.53 bits per heavy atom. The molecule has 2 fully saturated rings. The van der Waals surface area contributed by atoms with Crippen molar-refractivity contribution in [1.82, 2.24) is 15.1 Å². The number of hydrogen-bond acceptors (Lipinski definition) is 3. The number of nitrogens with zero attached hydrogens (tertiary/aromatic N) is 2. The van der Waals surface area contributed by atoms with Crippen LogP contribution in [0.15, 0.2) is 0 Å². The summed E-state index contributed by atoms with van der Waals surface area (Å²) in [6.07, 6.45) is 5.63. The second kappa shape index (κ2) is 6.17. The molecule has 0 aromatic heterocycles. The lowest BCUT2D eigenvalue weighted by Gasteiger charge is -2.43. The number of hydrogen-bond donors (Lipinski definition) is 1. The highest BCUT2D eigenvalue weighted by molar-refractivity contribution is 4.94. The maximum absolute atomic E-state index is 3.76. The smallest absolute Gasteiger partial charge is 0.0376 e. The van der Waals surface area contributed by atoms with Gasteiger partial charge in [-0.2, -0.15) is 0 Å². The van der Waals surface area contributed by atoms with Gasteiger partial charge in [0.25, 0.3) is 0 Å². The Morgan fingerprint density at radius 1 is 1.18 bits per heavy atom. The standard InChI is InChI=1S/C14H29N3/c1-4-15-14(12-7-5-8-12)13-11-16(2)9-6-10-17(13)3/h12-15H,4-11H2,1-3H3. The van der Waals surface area contributed by atoms with E-state index in [1.54, 1.807) is 0 Å². The number of rotatable bonds is 4. The first-order valence-electron chi connectivity index (χ1n) is 7.34. The second-order valence-electron chi connectivity index (χ2n) is 5.94. The average Bonchev–Trinajstić information content (AvgIpc) is 2.37. The lowest BCUT2D eigenvalue weighted by Crippen LogP contribution is -2.56. The van der Waals surface area contributed by atoms with Gasteiger partial charge in [0, 0.05) is 18.6 Å². The summed E-state index contributed by atoms with van der Waals surface area (Å²) >= 11 is 0. The quantitative estimate of drug-likeness (QED) is 0.800. The van der Waals surface area contributed by atoms with Gasteiger partial charge in [-0.25, -0.2) is 0 Å². The van der Waals surface area contributed by atoms with Crippen LogP contribution in [0.25, 0.3) is 0 Å². The fraction of sp³-hybridized carbons (Fsp3) is 1.00. The summed E-state index contributed by atoms with van der Waals surface area (Å²) in [4.78, 5) is 5.10. The van der Waals surface area contributed by atoms with E-state index in [-0.39, 0.29) is 0 Å². The molecule has 0 spiro atoms. The summed E-state index contributed by atoms with van der Waals surface area (Å²) in [5.41, 5.74) is 0. The molecule has 1 aliphatic heterocycles. The topological polar surface area (TPSA) is 18.5 Å². The third kappa shape index (κ3) is 3.21. The summed E-state index contributed by atoms with van der Waals surface area (Å²) in [6, 6.07) is 1.41. The molecular weight excluding hydrogens is 210 g/mol. The van der Waals surface area contributed by atoms with Crippen molar-refractivity contribution in [1.29, 1.82) is 0 Å². The number of likely N-dealkylation sites (N-methyl/N-ethyl adjacent to an activating group) is 3. The van der Waals surface area contributed by atoms with Crippen molar-refractivity contribution in [3.05, 3.63) is 0 Å². The maximum Gasteiger partial charge on any atom is 0.0376 e. The van der Waals surface area contributed by atoms with Crippen molar-refractivity contribution in [2.45, 2.75) is 44.7 Å². The van der Waals surface area contributed by atoms with E-state index in [1.165, 1.54) is 45.3 Å². The Bertz CT molecular complexity index is 228. The van der Waals surface area contributed by atoms with Crippen molar-refractivity contribution >= 4 is 0 Å². The van der Waals surface area contributed by atoms with E-state index in [2.05, 4.69) is 36.1 Å². The molecule has 1 N–H and O–H groups in total. The normalized spacial score (nSPS) is 30.9. The van der Waals surface area contributed by atoms with Crippen LogP contribution in [-0.2, 0) is 0 Å². The molecule has 0 bridgehead atoms. The van der Waals surface area contributed by atoms with Crippen LogP contribution in [0.1, 0.15) is 32.6 Å². The van der Waals surface area contributed by atoms with E-state index in [0.29, 0.717) is 12.1 Å². The third-order valence-corrected chi connectivity index (χ3v) is 4.63. The summed E-state index contributed by atoms with van der Waals surface area (Å²) in [6.45, 7) is 7.08. The molecule has 1 heterocycles. The van der Waals surface area contributed by atoms with Gasteiger partial charge in [-0.15, -0.1) is 0 Å². The lowest BCUT2D eigenvalue weighted by molar-refractivity contribution is 0.110. The minimum absolute atomic E-state index is 0.702. The molecule has 100 valence electrons. The van der Waals surface area contributed by atoms with Gasteiger partial charge in [-0.3, -0.25) is 0 Å². The SMILES string of the molecule is CCNC(C1CCC1)C1CN(C)CCCN1C. The summed E-state index contributed by atoms with van der Waals surface area (Å²) in [7, 11) is 4.59. The van der Waals surface area contributed by atoms with Crippen molar-refractivity contribution in [3.8, 4) is 0 Å². The van der Waals surface area contributed by atoms with E-state index in [0.717, 1.165) is 12.5 Å². The van der Waals surface area contributed by atoms with Crippen LogP contribution in [0.4, 0.5) is 0 Å². The van der Waals surface area contributed by atoms with Gasteiger partial charge < -0.3 is 15.1 Å². The molecule has 1 saturated carbocycles. The van der Waals surface area contributed by atoms with Crippen molar-refractivity contribution in [2.24, 2.45) is 5.92 Å². The van der Waals surface area contributed by atoms with Gasteiger partial charge in [0.2, 0.25) is 0 Å². The van der Waals surface area contributed by atoms with Crippen LogP contribution >= 0.6 is 0 Å². The highest BCUT2D eigenvalue weighted by atomic mass is 15.2. The minimum atomic E-state index is 0.702. The van der Waals surface area contributed by atoms with Crippen LogP contribution in [0.5, 0.6) is 0 Å². The van der Waals surface area contributed by atoms with Crippen molar-refractivity contribution in [3.63, 3.8) is 0 Å². The Labute approximate surface area is 107 Å². The highest BCUT2D eigenvalue weighted by Crippen LogP contribution is 2.32. The van der Waals surface area contributed by atoms with Crippen molar-refractivity contribution < 1.29 is 0 Å². The first-order valence-corrected chi connectivity index (χ1v) is 7.34. The molecule has 0 aromatic rings. The first kappa shape index (κ1) is 13.3. The molecule has 1 saturated heterocycles. The molecule has 1 aliphatic carbocycles. The van der Waals surface area contributed by atoms with E-state index in [1.807, 2.05) is 0 Å². The van der Waals surface area contributed by atoms with Crippen LogP contribution in [0.3, 0.4) is 0 Å². The Kier molecular flexibility index (Phi) is 4.83. The second-order valence-corrected chi connectivity index (χ2v) is 5.94. The number of nitrogens with one attached hydrogen (secondary N) is 1.